The molecular formula is C25H20FN5O. The lowest BCUT2D eigenvalue weighted by Crippen LogP contribution is -2.26. The Bertz CT molecular complexity index is 1520. The predicted molar refractivity (Wildman–Crippen MR) is 124 cm³/mol. The summed E-state index contributed by atoms with van der Waals surface area (Å²) in [6.45, 7) is 3.84. The normalized spacial score (nSPS) is 12.2. The second kappa shape index (κ2) is 7.85. The zero-order valence-electron chi connectivity index (χ0n) is 17.6. The molecule has 1 atom stereocenters. The first-order chi connectivity index (χ1) is 15.5. The molecule has 32 heavy (non-hydrogen) atoms. The minimum atomic E-state index is -0.406. The van der Waals surface area contributed by atoms with Crippen LogP contribution in [0.2, 0.25) is 0 Å². The average Bonchev–Trinajstić information content (AvgIpc) is 2.79. The Morgan fingerprint density at radius 3 is 2.69 bits per heavy atom. The fraction of sp³-hybridized carbons (Fsp3) is 0.120. The number of anilines is 1. The van der Waals surface area contributed by atoms with Crippen molar-refractivity contribution in [1.29, 1.82) is 0 Å². The van der Waals surface area contributed by atoms with Crippen molar-refractivity contribution < 1.29 is 4.39 Å². The van der Waals surface area contributed by atoms with Crippen molar-refractivity contribution in [2.45, 2.75) is 19.9 Å². The van der Waals surface area contributed by atoms with Crippen molar-refractivity contribution >= 4 is 27.6 Å². The second-order valence-corrected chi connectivity index (χ2v) is 7.69. The van der Waals surface area contributed by atoms with E-state index in [0.717, 1.165) is 10.9 Å². The summed E-state index contributed by atoms with van der Waals surface area (Å²) in [4.78, 5) is 26.6. The van der Waals surface area contributed by atoms with Gasteiger partial charge in [-0.1, -0.05) is 24.3 Å². The first kappa shape index (κ1) is 19.8. The number of aromatic nitrogens is 4. The van der Waals surface area contributed by atoms with E-state index in [0.29, 0.717) is 33.6 Å². The molecule has 158 valence electrons. The van der Waals surface area contributed by atoms with Gasteiger partial charge in [-0.05, 0) is 61.2 Å². The summed E-state index contributed by atoms with van der Waals surface area (Å²) >= 11 is 0. The van der Waals surface area contributed by atoms with Gasteiger partial charge in [-0.2, -0.15) is 0 Å². The minimum Gasteiger partial charge on any atom is -0.360 e. The van der Waals surface area contributed by atoms with Gasteiger partial charge in [-0.15, -0.1) is 0 Å². The summed E-state index contributed by atoms with van der Waals surface area (Å²) in [5.74, 6) is 0.155. The van der Waals surface area contributed by atoms with Crippen molar-refractivity contribution in [2.75, 3.05) is 5.32 Å². The van der Waals surface area contributed by atoms with E-state index in [4.69, 9.17) is 0 Å². The molecule has 5 rings (SSSR count). The summed E-state index contributed by atoms with van der Waals surface area (Å²) < 4.78 is 15.6. The molecule has 1 unspecified atom stereocenters. The number of aryl methyl sites for hydroxylation is 1. The topological polar surface area (TPSA) is 72.7 Å². The van der Waals surface area contributed by atoms with Crippen molar-refractivity contribution in [2.24, 2.45) is 0 Å². The molecule has 0 spiro atoms. The molecule has 0 aliphatic carbocycles. The minimum absolute atomic E-state index is 0.194. The molecule has 7 heteroatoms. The Morgan fingerprint density at radius 1 is 1.00 bits per heavy atom. The number of fused-ring (bicyclic) bond motifs is 2. The van der Waals surface area contributed by atoms with Crippen LogP contribution < -0.4 is 10.9 Å². The molecule has 0 aliphatic rings. The molecule has 2 aromatic carbocycles. The van der Waals surface area contributed by atoms with Crippen LogP contribution >= 0.6 is 0 Å². The van der Waals surface area contributed by atoms with E-state index < -0.39 is 5.82 Å². The highest BCUT2D eigenvalue weighted by Gasteiger charge is 2.19. The van der Waals surface area contributed by atoms with Gasteiger partial charge in [0.2, 0.25) is 0 Å². The van der Waals surface area contributed by atoms with Crippen LogP contribution in [0.4, 0.5) is 10.2 Å². The molecule has 0 saturated carbocycles. The summed E-state index contributed by atoms with van der Waals surface area (Å²) in [6.07, 6.45) is 3.16. The Morgan fingerprint density at radius 2 is 1.84 bits per heavy atom. The molecule has 0 amide bonds. The van der Waals surface area contributed by atoms with Crippen molar-refractivity contribution in [3.8, 4) is 5.69 Å². The lowest BCUT2D eigenvalue weighted by atomic mass is 10.0. The fourth-order valence-corrected chi connectivity index (χ4v) is 4.03. The third kappa shape index (κ3) is 3.37. The largest absolute Gasteiger partial charge is 0.360 e. The number of nitrogens with zero attached hydrogens (tertiary/aromatic N) is 4. The van der Waals surface area contributed by atoms with Crippen molar-refractivity contribution in [3.63, 3.8) is 0 Å². The van der Waals surface area contributed by atoms with E-state index >= 15 is 0 Å². The molecule has 3 heterocycles. The van der Waals surface area contributed by atoms with Gasteiger partial charge in [-0.3, -0.25) is 14.3 Å². The van der Waals surface area contributed by atoms with Gasteiger partial charge in [0, 0.05) is 11.9 Å². The van der Waals surface area contributed by atoms with Crippen LogP contribution in [-0.2, 0) is 0 Å². The SMILES string of the molecule is Cc1cccc2cc(C(C)Nc3ncnc4cccnc34)n(-c3cccc(F)c3)c(=O)c12. The van der Waals surface area contributed by atoms with Crippen molar-refractivity contribution in [3.05, 3.63) is 101 Å². The van der Waals surface area contributed by atoms with Crippen LogP contribution in [0, 0.1) is 12.7 Å². The Kier molecular flexibility index (Phi) is 4.86. The molecule has 0 saturated heterocycles. The van der Waals surface area contributed by atoms with Crippen LogP contribution in [0.15, 0.2) is 78.0 Å². The maximum Gasteiger partial charge on any atom is 0.263 e. The van der Waals surface area contributed by atoms with E-state index in [-0.39, 0.29) is 11.6 Å². The van der Waals surface area contributed by atoms with Gasteiger partial charge in [-0.25, -0.2) is 14.4 Å². The van der Waals surface area contributed by atoms with Crippen LogP contribution in [-0.4, -0.2) is 19.5 Å². The Hall–Kier alpha value is -4.13. The zero-order valence-corrected chi connectivity index (χ0v) is 17.6. The average molecular weight is 425 g/mol. The monoisotopic (exact) mass is 425 g/mol. The number of rotatable bonds is 4. The lowest BCUT2D eigenvalue weighted by Gasteiger charge is -2.22. The third-order valence-corrected chi connectivity index (χ3v) is 5.54. The lowest BCUT2D eigenvalue weighted by molar-refractivity contribution is 0.625. The smallest absolute Gasteiger partial charge is 0.263 e. The van der Waals surface area contributed by atoms with Gasteiger partial charge in [0.15, 0.2) is 5.82 Å². The number of hydrogen-bond acceptors (Lipinski definition) is 5. The quantitative estimate of drug-likeness (QED) is 0.441. The maximum absolute atomic E-state index is 14.1. The summed E-state index contributed by atoms with van der Waals surface area (Å²) in [5, 5.41) is 4.81. The van der Waals surface area contributed by atoms with Gasteiger partial charge < -0.3 is 5.32 Å². The van der Waals surface area contributed by atoms with E-state index in [9.17, 15) is 9.18 Å². The Labute approximate surface area is 183 Å². The van der Waals surface area contributed by atoms with Gasteiger partial charge >= 0.3 is 0 Å². The van der Waals surface area contributed by atoms with Crippen LogP contribution in [0.25, 0.3) is 27.5 Å². The summed E-state index contributed by atoms with van der Waals surface area (Å²) in [7, 11) is 0. The molecule has 3 aromatic heterocycles. The molecule has 0 aliphatic heterocycles. The third-order valence-electron chi connectivity index (χ3n) is 5.54. The highest BCUT2D eigenvalue weighted by atomic mass is 19.1. The molecule has 0 fully saturated rings. The van der Waals surface area contributed by atoms with Crippen LogP contribution in [0.1, 0.15) is 24.2 Å². The van der Waals surface area contributed by atoms with Crippen LogP contribution in [0.5, 0.6) is 0 Å². The standard InChI is InChI=1S/C25H20FN5O/c1-15-6-3-7-17-12-21(31(25(32)22(15)17)19-9-4-8-18(26)13-19)16(2)30-24-23-20(28-14-29-24)10-5-11-27-23/h3-14,16H,1-2H3,(H,28,29,30). The zero-order chi connectivity index (χ0) is 22.2. The van der Waals surface area contributed by atoms with Crippen molar-refractivity contribution in [1.82, 2.24) is 19.5 Å². The second-order valence-electron chi connectivity index (χ2n) is 7.69. The Balaban J connectivity index is 1.72. The van der Waals surface area contributed by atoms with E-state index in [1.165, 1.54) is 18.5 Å². The molecule has 0 radical (unpaired) electrons. The first-order valence-corrected chi connectivity index (χ1v) is 10.3. The number of nitrogens with one attached hydrogen (secondary N) is 1. The van der Waals surface area contributed by atoms with Gasteiger partial charge in [0.25, 0.3) is 5.56 Å². The molecule has 6 nitrogen and oxygen atoms in total. The molecule has 1 N–H and O–H groups in total. The maximum atomic E-state index is 14.1. The highest BCUT2D eigenvalue weighted by Crippen LogP contribution is 2.26. The van der Waals surface area contributed by atoms with Crippen LogP contribution in [0.3, 0.4) is 0 Å². The van der Waals surface area contributed by atoms with Gasteiger partial charge in [0.1, 0.15) is 17.7 Å². The first-order valence-electron chi connectivity index (χ1n) is 10.3. The fourth-order valence-electron chi connectivity index (χ4n) is 4.03. The van der Waals surface area contributed by atoms with E-state index in [1.807, 2.05) is 50.2 Å². The highest BCUT2D eigenvalue weighted by molar-refractivity contribution is 5.86. The number of benzene rings is 2. The molecular weight excluding hydrogens is 405 g/mol. The number of hydrogen-bond donors (Lipinski definition) is 1. The predicted octanol–water partition coefficient (Wildman–Crippen LogP) is 4.95. The number of halogens is 1. The molecule has 5 aromatic rings. The summed E-state index contributed by atoms with van der Waals surface area (Å²) in [6, 6.07) is 17.1. The van der Waals surface area contributed by atoms with E-state index in [2.05, 4.69) is 20.3 Å². The van der Waals surface area contributed by atoms with E-state index in [1.54, 1.807) is 22.9 Å². The number of pyridine rings is 2. The van der Waals surface area contributed by atoms with Gasteiger partial charge in [0.05, 0.1) is 22.6 Å². The summed E-state index contributed by atoms with van der Waals surface area (Å²) in [5.41, 5.74) is 3.18. The molecule has 0 bridgehead atoms.